The summed E-state index contributed by atoms with van der Waals surface area (Å²) >= 11 is 5.76. The molecule has 0 radical (unpaired) electrons. The van der Waals surface area contributed by atoms with Gasteiger partial charge in [0.2, 0.25) is 5.91 Å². The second-order valence-electron chi connectivity index (χ2n) is 6.81. The summed E-state index contributed by atoms with van der Waals surface area (Å²) in [6.07, 6.45) is 0.0160. The molecule has 2 aromatic carbocycles. The zero-order valence-corrected chi connectivity index (χ0v) is 16.9. The van der Waals surface area contributed by atoms with Crippen molar-refractivity contribution in [3.63, 3.8) is 0 Å². The number of aryl methyl sites for hydroxylation is 1. The Morgan fingerprint density at radius 3 is 2.50 bits per heavy atom. The van der Waals surface area contributed by atoms with E-state index in [1.54, 1.807) is 17.0 Å². The first-order chi connectivity index (χ1) is 14.3. The Hall–Kier alpha value is -3.39. The molecule has 0 aromatic heterocycles. The molecule has 3 rings (SSSR count). The summed E-state index contributed by atoms with van der Waals surface area (Å²) in [5.74, 6) is -2.72. The van der Waals surface area contributed by atoms with Gasteiger partial charge in [0.15, 0.2) is 6.61 Å². The highest BCUT2D eigenvalue weighted by Crippen LogP contribution is 2.28. The molecule has 30 heavy (non-hydrogen) atoms. The van der Waals surface area contributed by atoms with Crippen LogP contribution in [0.2, 0.25) is 5.02 Å². The summed E-state index contributed by atoms with van der Waals surface area (Å²) in [5, 5.41) is 0.480. The number of halogens is 1. The van der Waals surface area contributed by atoms with Gasteiger partial charge in [0, 0.05) is 29.2 Å². The quantitative estimate of drug-likeness (QED) is 0.558. The van der Waals surface area contributed by atoms with E-state index in [0.29, 0.717) is 10.6 Å². The van der Waals surface area contributed by atoms with Gasteiger partial charge in [-0.3, -0.25) is 30.0 Å². The number of nitrogens with zero attached hydrogens (tertiary/aromatic N) is 1. The molecule has 0 unspecified atom stereocenters. The van der Waals surface area contributed by atoms with Crippen molar-refractivity contribution in [2.75, 3.05) is 18.1 Å². The fraction of sp³-hybridized carbons (Fsp3) is 0.238. The molecule has 2 N–H and O–H groups in total. The Morgan fingerprint density at radius 2 is 1.80 bits per heavy atom. The van der Waals surface area contributed by atoms with Crippen LogP contribution in [0.4, 0.5) is 5.69 Å². The Balaban J connectivity index is 1.45. The second kappa shape index (κ2) is 9.41. The molecule has 0 bridgehead atoms. The van der Waals surface area contributed by atoms with E-state index >= 15 is 0 Å². The first-order valence-electron chi connectivity index (χ1n) is 9.22. The van der Waals surface area contributed by atoms with Crippen LogP contribution in [0.3, 0.4) is 0 Å². The number of hydrazine groups is 1. The SMILES string of the molecule is Cc1ccccc1N1C[C@@H](C(=O)OCC(=O)NNC(=O)c2ccc(Cl)cc2)CC1=O. The topological polar surface area (TPSA) is 105 Å². The molecule has 0 spiro atoms. The molecule has 1 saturated heterocycles. The lowest BCUT2D eigenvalue weighted by Crippen LogP contribution is -2.43. The van der Waals surface area contributed by atoms with Crippen LogP contribution in [0.25, 0.3) is 0 Å². The van der Waals surface area contributed by atoms with Crippen LogP contribution in [0.5, 0.6) is 0 Å². The van der Waals surface area contributed by atoms with Crippen LogP contribution in [0, 0.1) is 12.8 Å². The molecule has 9 heteroatoms. The summed E-state index contributed by atoms with van der Waals surface area (Å²) in [6.45, 7) is 1.50. The van der Waals surface area contributed by atoms with E-state index < -0.39 is 30.3 Å². The predicted octanol–water partition coefficient (Wildman–Crippen LogP) is 2.01. The standard InChI is InChI=1S/C21H20ClN3O5/c1-13-4-2-3-5-17(13)25-11-15(10-19(25)27)21(29)30-12-18(26)23-24-20(28)14-6-8-16(22)9-7-14/h2-9,15H,10-12H2,1H3,(H,23,26)(H,24,28)/t15-/m0/s1. The van der Waals surface area contributed by atoms with Crippen LogP contribution >= 0.6 is 11.6 Å². The van der Waals surface area contributed by atoms with Gasteiger partial charge in [-0.05, 0) is 42.8 Å². The van der Waals surface area contributed by atoms with Gasteiger partial charge in [0.25, 0.3) is 11.8 Å². The number of benzene rings is 2. The van der Waals surface area contributed by atoms with Crippen molar-refractivity contribution >= 4 is 41.0 Å². The lowest BCUT2D eigenvalue weighted by atomic mass is 10.1. The molecule has 3 amide bonds. The fourth-order valence-corrected chi connectivity index (χ4v) is 3.18. The van der Waals surface area contributed by atoms with Gasteiger partial charge in [0.1, 0.15) is 0 Å². The second-order valence-corrected chi connectivity index (χ2v) is 7.25. The minimum atomic E-state index is -0.703. The Labute approximate surface area is 178 Å². The Kier molecular flexibility index (Phi) is 6.68. The molecule has 1 heterocycles. The van der Waals surface area contributed by atoms with Crippen LogP contribution in [0.15, 0.2) is 48.5 Å². The van der Waals surface area contributed by atoms with Crippen LogP contribution in [-0.4, -0.2) is 36.8 Å². The third-order valence-electron chi connectivity index (χ3n) is 4.63. The summed E-state index contributed by atoms with van der Waals surface area (Å²) in [6, 6.07) is 13.5. The molecule has 8 nitrogen and oxygen atoms in total. The third kappa shape index (κ3) is 5.15. The average Bonchev–Trinajstić information content (AvgIpc) is 3.12. The maximum atomic E-state index is 12.3. The highest BCUT2D eigenvalue weighted by Gasteiger charge is 2.36. The van der Waals surface area contributed by atoms with Crippen molar-refractivity contribution in [2.24, 2.45) is 5.92 Å². The van der Waals surface area contributed by atoms with E-state index in [1.165, 1.54) is 12.1 Å². The number of rotatable bonds is 5. The summed E-state index contributed by atoms with van der Waals surface area (Å²) < 4.78 is 5.01. The number of esters is 1. The molecular weight excluding hydrogens is 410 g/mol. The van der Waals surface area contributed by atoms with Crippen LogP contribution in [0.1, 0.15) is 22.3 Å². The van der Waals surface area contributed by atoms with Gasteiger partial charge in [0.05, 0.1) is 5.92 Å². The highest BCUT2D eigenvalue weighted by molar-refractivity contribution is 6.30. The smallest absolute Gasteiger partial charge is 0.311 e. The van der Waals surface area contributed by atoms with Gasteiger partial charge >= 0.3 is 5.97 Å². The minimum Gasteiger partial charge on any atom is -0.455 e. The van der Waals surface area contributed by atoms with Crippen molar-refractivity contribution in [1.82, 2.24) is 10.9 Å². The predicted molar refractivity (Wildman–Crippen MR) is 110 cm³/mol. The van der Waals surface area contributed by atoms with E-state index in [1.807, 2.05) is 31.2 Å². The number of hydrogen-bond acceptors (Lipinski definition) is 5. The van der Waals surface area contributed by atoms with Crippen molar-refractivity contribution in [3.8, 4) is 0 Å². The van der Waals surface area contributed by atoms with E-state index in [4.69, 9.17) is 16.3 Å². The largest absolute Gasteiger partial charge is 0.455 e. The van der Waals surface area contributed by atoms with Gasteiger partial charge in [-0.1, -0.05) is 29.8 Å². The average molecular weight is 430 g/mol. The summed E-state index contributed by atoms with van der Waals surface area (Å²) in [4.78, 5) is 49.9. The van der Waals surface area contributed by atoms with Crippen molar-refractivity contribution in [1.29, 1.82) is 0 Å². The molecule has 1 fully saturated rings. The van der Waals surface area contributed by atoms with Crippen LogP contribution < -0.4 is 15.8 Å². The normalized spacial score (nSPS) is 15.6. The van der Waals surface area contributed by atoms with Gasteiger partial charge < -0.3 is 9.64 Å². The van der Waals surface area contributed by atoms with E-state index in [-0.39, 0.29) is 18.9 Å². The number of para-hydroxylation sites is 1. The molecular formula is C21H20ClN3O5. The number of hydrogen-bond donors (Lipinski definition) is 2. The number of carbonyl (C=O) groups excluding carboxylic acids is 4. The number of amides is 3. The first-order valence-corrected chi connectivity index (χ1v) is 9.60. The van der Waals surface area contributed by atoms with E-state index in [0.717, 1.165) is 11.3 Å². The van der Waals surface area contributed by atoms with Crippen molar-refractivity contribution < 1.29 is 23.9 Å². The number of carbonyl (C=O) groups is 4. The monoisotopic (exact) mass is 429 g/mol. The van der Waals surface area contributed by atoms with Crippen molar-refractivity contribution in [2.45, 2.75) is 13.3 Å². The molecule has 156 valence electrons. The molecule has 1 atom stereocenters. The lowest BCUT2D eigenvalue weighted by molar-refractivity contribution is -0.152. The number of nitrogens with one attached hydrogen (secondary N) is 2. The molecule has 1 aliphatic heterocycles. The molecule has 2 aromatic rings. The first kappa shape index (κ1) is 21.3. The summed E-state index contributed by atoms with van der Waals surface area (Å²) in [7, 11) is 0. The van der Waals surface area contributed by atoms with Gasteiger partial charge in [-0.2, -0.15) is 0 Å². The highest BCUT2D eigenvalue weighted by atomic mass is 35.5. The Bertz CT molecular complexity index is 977. The van der Waals surface area contributed by atoms with Gasteiger partial charge in [-0.15, -0.1) is 0 Å². The van der Waals surface area contributed by atoms with Crippen molar-refractivity contribution in [3.05, 3.63) is 64.7 Å². The van der Waals surface area contributed by atoms with Gasteiger partial charge in [-0.25, -0.2) is 0 Å². The molecule has 1 aliphatic rings. The molecule has 0 saturated carbocycles. The lowest BCUT2D eigenvalue weighted by Gasteiger charge is -2.18. The maximum Gasteiger partial charge on any atom is 0.311 e. The Morgan fingerprint density at radius 1 is 1.10 bits per heavy atom. The van der Waals surface area contributed by atoms with E-state index in [2.05, 4.69) is 10.9 Å². The van der Waals surface area contributed by atoms with Crippen LogP contribution in [-0.2, 0) is 19.1 Å². The van der Waals surface area contributed by atoms with E-state index in [9.17, 15) is 19.2 Å². The number of ether oxygens (including phenoxy) is 1. The third-order valence-corrected chi connectivity index (χ3v) is 4.88. The zero-order valence-electron chi connectivity index (χ0n) is 16.2. The molecule has 0 aliphatic carbocycles. The zero-order chi connectivity index (χ0) is 21.7. The minimum absolute atomic E-state index is 0.0160. The summed E-state index contributed by atoms with van der Waals surface area (Å²) in [5.41, 5.74) is 6.36. The maximum absolute atomic E-state index is 12.3. The fourth-order valence-electron chi connectivity index (χ4n) is 3.06. The number of anilines is 1.